The van der Waals surface area contributed by atoms with Crippen LogP contribution in [0.15, 0.2) is 11.6 Å². The molecule has 5 atom stereocenters. The number of aliphatic hydroxyl groups excluding tert-OH is 1. The summed E-state index contributed by atoms with van der Waals surface area (Å²) in [6.07, 6.45) is 3.42. The van der Waals surface area contributed by atoms with E-state index in [9.17, 15) is 9.90 Å². The molecule has 2 fully saturated rings. The molecule has 0 radical (unpaired) electrons. The van der Waals surface area contributed by atoms with Gasteiger partial charge in [-0.05, 0) is 43.4 Å². The van der Waals surface area contributed by atoms with Gasteiger partial charge in [0, 0.05) is 7.11 Å². The first-order valence-electron chi connectivity index (χ1n) is 7.44. The van der Waals surface area contributed by atoms with Crippen molar-refractivity contribution in [3.8, 4) is 0 Å². The predicted molar refractivity (Wildman–Crippen MR) is 73.7 cm³/mol. The Balaban J connectivity index is 2.04. The Kier molecular flexibility index (Phi) is 3.04. The Bertz CT molecular complexity index is 467. The fraction of sp³-hybridized carbons (Fsp3) is 0.812. The first-order chi connectivity index (χ1) is 9.34. The number of fused-ring (bicyclic) bond motifs is 1. The third-order valence-electron chi connectivity index (χ3n) is 6.08. The summed E-state index contributed by atoms with van der Waals surface area (Å²) in [5.74, 6) is 0.489. The van der Waals surface area contributed by atoms with E-state index in [1.54, 1.807) is 0 Å². The van der Waals surface area contributed by atoms with Gasteiger partial charge in [-0.2, -0.15) is 0 Å². The standard InChI is InChI=1S/C16H24O4/c1-9-5-6-11-10(7-9)8-16(15(11,2)3)12(17)13(19-4)20-14(16)18/h7,10-13,17H,5-6,8H2,1-4H3. The second-order valence-electron chi connectivity index (χ2n) is 7.17. The van der Waals surface area contributed by atoms with Crippen LogP contribution in [-0.2, 0) is 14.3 Å². The molecule has 1 aliphatic heterocycles. The maximum atomic E-state index is 12.5. The first kappa shape index (κ1) is 14.1. The number of aliphatic hydroxyl groups is 1. The molecule has 0 bridgehead atoms. The van der Waals surface area contributed by atoms with Crippen LogP contribution in [0.2, 0.25) is 0 Å². The summed E-state index contributed by atoms with van der Waals surface area (Å²) in [5.41, 5.74) is 0.284. The van der Waals surface area contributed by atoms with Crippen LogP contribution in [0, 0.1) is 22.7 Å². The Hall–Kier alpha value is -0.870. The molecule has 1 N–H and O–H groups in total. The van der Waals surface area contributed by atoms with E-state index >= 15 is 0 Å². The molecule has 5 unspecified atom stereocenters. The Morgan fingerprint density at radius 2 is 2.15 bits per heavy atom. The molecular formula is C16H24O4. The zero-order chi connectivity index (χ0) is 14.7. The number of allylic oxidation sites excluding steroid dienone is 2. The fourth-order valence-electron chi connectivity index (χ4n) is 4.88. The van der Waals surface area contributed by atoms with E-state index in [0.29, 0.717) is 18.3 Å². The van der Waals surface area contributed by atoms with Crippen molar-refractivity contribution in [2.75, 3.05) is 7.11 Å². The van der Waals surface area contributed by atoms with Gasteiger partial charge in [0.15, 0.2) is 0 Å². The number of cyclic esters (lactones) is 1. The lowest BCUT2D eigenvalue weighted by Gasteiger charge is -2.41. The minimum Gasteiger partial charge on any atom is -0.432 e. The number of hydrogen-bond acceptors (Lipinski definition) is 4. The molecule has 0 amide bonds. The van der Waals surface area contributed by atoms with E-state index in [2.05, 4.69) is 26.8 Å². The summed E-state index contributed by atoms with van der Waals surface area (Å²) in [6.45, 7) is 6.36. The topological polar surface area (TPSA) is 55.8 Å². The molecule has 4 heteroatoms. The van der Waals surface area contributed by atoms with Gasteiger partial charge in [-0.1, -0.05) is 25.5 Å². The summed E-state index contributed by atoms with van der Waals surface area (Å²) < 4.78 is 10.4. The zero-order valence-electron chi connectivity index (χ0n) is 12.7. The first-order valence-corrected chi connectivity index (χ1v) is 7.44. The molecule has 1 saturated heterocycles. The Morgan fingerprint density at radius 3 is 2.75 bits per heavy atom. The molecule has 1 heterocycles. The van der Waals surface area contributed by atoms with Crippen molar-refractivity contribution < 1.29 is 19.4 Å². The lowest BCUT2D eigenvalue weighted by atomic mass is 9.61. The lowest BCUT2D eigenvalue weighted by Crippen LogP contribution is -2.49. The number of esters is 1. The second kappa shape index (κ2) is 4.31. The van der Waals surface area contributed by atoms with Gasteiger partial charge in [-0.15, -0.1) is 0 Å². The lowest BCUT2D eigenvalue weighted by molar-refractivity contribution is -0.166. The predicted octanol–water partition coefficient (Wildman–Crippen LogP) is 2.27. The van der Waals surface area contributed by atoms with Crippen molar-refractivity contribution in [1.82, 2.24) is 0 Å². The third kappa shape index (κ3) is 1.52. The molecular weight excluding hydrogens is 256 g/mol. The van der Waals surface area contributed by atoms with Gasteiger partial charge in [-0.25, -0.2) is 0 Å². The normalized spacial score (nSPS) is 46.2. The van der Waals surface area contributed by atoms with Crippen molar-refractivity contribution in [1.29, 1.82) is 0 Å². The maximum Gasteiger partial charge on any atom is 0.317 e. The van der Waals surface area contributed by atoms with Gasteiger partial charge in [0.05, 0.1) is 0 Å². The largest absolute Gasteiger partial charge is 0.432 e. The van der Waals surface area contributed by atoms with Crippen molar-refractivity contribution in [2.24, 2.45) is 22.7 Å². The van der Waals surface area contributed by atoms with Crippen molar-refractivity contribution >= 4 is 5.97 Å². The van der Waals surface area contributed by atoms with Crippen LogP contribution in [0.3, 0.4) is 0 Å². The van der Waals surface area contributed by atoms with E-state index < -0.39 is 17.8 Å². The van der Waals surface area contributed by atoms with Gasteiger partial charge in [0.2, 0.25) is 6.29 Å². The number of rotatable bonds is 1. The molecule has 20 heavy (non-hydrogen) atoms. The van der Waals surface area contributed by atoms with Gasteiger partial charge >= 0.3 is 5.97 Å². The summed E-state index contributed by atoms with van der Waals surface area (Å²) >= 11 is 0. The van der Waals surface area contributed by atoms with Crippen LogP contribution in [0.5, 0.6) is 0 Å². The second-order valence-corrected chi connectivity index (χ2v) is 7.17. The van der Waals surface area contributed by atoms with Gasteiger partial charge in [0.1, 0.15) is 11.5 Å². The number of ether oxygens (including phenoxy) is 2. The van der Waals surface area contributed by atoms with Gasteiger partial charge in [0.25, 0.3) is 0 Å². The molecule has 3 rings (SSSR count). The molecule has 0 aromatic carbocycles. The summed E-state index contributed by atoms with van der Waals surface area (Å²) in [7, 11) is 1.47. The van der Waals surface area contributed by atoms with Crippen LogP contribution < -0.4 is 0 Å². The average Bonchev–Trinajstić information content (AvgIpc) is 2.77. The van der Waals surface area contributed by atoms with Crippen LogP contribution in [0.1, 0.15) is 40.0 Å². The van der Waals surface area contributed by atoms with Crippen molar-refractivity contribution in [3.05, 3.63) is 11.6 Å². The highest BCUT2D eigenvalue weighted by molar-refractivity contribution is 5.82. The molecule has 1 spiro atoms. The highest BCUT2D eigenvalue weighted by Crippen LogP contribution is 2.66. The van der Waals surface area contributed by atoms with Crippen molar-refractivity contribution in [3.63, 3.8) is 0 Å². The van der Waals surface area contributed by atoms with Crippen LogP contribution >= 0.6 is 0 Å². The fourth-order valence-corrected chi connectivity index (χ4v) is 4.88. The van der Waals surface area contributed by atoms with E-state index in [0.717, 1.165) is 12.8 Å². The number of methoxy groups -OCH3 is 1. The highest BCUT2D eigenvalue weighted by atomic mass is 16.7. The molecule has 4 nitrogen and oxygen atoms in total. The summed E-state index contributed by atoms with van der Waals surface area (Å²) in [4.78, 5) is 12.5. The van der Waals surface area contributed by atoms with E-state index in [1.165, 1.54) is 12.7 Å². The van der Waals surface area contributed by atoms with Crippen LogP contribution in [0.25, 0.3) is 0 Å². The number of carbonyl (C=O) groups is 1. The molecule has 0 aromatic heterocycles. The number of hydrogen-bond donors (Lipinski definition) is 1. The third-order valence-corrected chi connectivity index (χ3v) is 6.08. The quantitative estimate of drug-likeness (QED) is 0.591. The molecule has 1 saturated carbocycles. The van der Waals surface area contributed by atoms with Gasteiger partial charge in [-0.3, -0.25) is 4.79 Å². The Labute approximate surface area is 120 Å². The minimum atomic E-state index is -0.880. The van der Waals surface area contributed by atoms with E-state index in [1.807, 2.05) is 0 Å². The molecule has 3 aliphatic rings. The minimum absolute atomic E-state index is 0.279. The smallest absolute Gasteiger partial charge is 0.317 e. The SMILES string of the molecule is COC1OC(=O)C2(CC3C=C(C)CCC3C2(C)C)C1O. The summed E-state index contributed by atoms with van der Waals surface area (Å²) in [6, 6.07) is 0. The van der Waals surface area contributed by atoms with Crippen molar-refractivity contribution in [2.45, 2.75) is 52.4 Å². The number of carbonyl (C=O) groups excluding carboxylic acids is 1. The van der Waals surface area contributed by atoms with Crippen LogP contribution in [-0.4, -0.2) is 30.6 Å². The monoisotopic (exact) mass is 280 g/mol. The Morgan fingerprint density at radius 1 is 1.45 bits per heavy atom. The summed E-state index contributed by atoms with van der Waals surface area (Å²) in [5, 5.41) is 10.7. The van der Waals surface area contributed by atoms with Gasteiger partial charge < -0.3 is 14.6 Å². The highest BCUT2D eigenvalue weighted by Gasteiger charge is 2.71. The van der Waals surface area contributed by atoms with E-state index in [-0.39, 0.29) is 11.4 Å². The molecule has 2 aliphatic carbocycles. The van der Waals surface area contributed by atoms with E-state index in [4.69, 9.17) is 9.47 Å². The molecule has 0 aromatic rings. The molecule has 112 valence electrons. The zero-order valence-corrected chi connectivity index (χ0v) is 12.7. The maximum absolute atomic E-state index is 12.5. The average molecular weight is 280 g/mol. The van der Waals surface area contributed by atoms with Crippen LogP contribution in [0.4, 0.5) is 0 Å².